The lowest BCUT2D eigenvalue weighted by molar-refractivity contribution is -0.134. The fourth-order valence-corrected chi connectivity index (χ4v) is 8.59. The summed E-state index contributed by atoms with van der Waals surface area (Å²) in [6, 6.07) is 0. The van der Waals surface area contributed by atoms with Gasteiger partial charge < -0.3 is 5.11 Å². The maximum Gasteiger partial charge on any atom is 0.136 e. The van der Waals surface area contributed by atoms with Gasteiger partial charge in [-0.15, -0.1) is 0 Å². The molecule has 0 amide bonds. The Bertz CT molecular complexity index is 542. The van der Waals surface area contributed by atoms with Gasteiger partial charge in [0.15, 0.2) is 0 Å². The third-order valence-electron chi connectivity index (χ3n) is 9.61. The maximum atomic E-state index is 12.5. The molecule has 1 N–H and O–H groups in total. The Balaban J connectivity index is 1.43. The normalized spacial score (nSPS) is 60.2. The zero-order valence-electron chi connectivity index (χ0n) is 14.8. The molecule has 0 spiro atoms. The van der Waals surface area contributed by atoms with Gasteiger partial charge in [0.2, 0.25) is 0 Å². The van der Waals surface area contributed by atoms with E-state index in [9.17, 15) is 9.90 Å². The fourth-order valence-electron chi connectivity index (χ4n) is 8.59. The van der Waals surface area contributed by atoms with Crippen molar-refractivity contribution in [3.05, 3.63) is 0 Å². The quantitative estimate of drug-likeness (QED) is 0.787. The van der Waals surface area contributed by atoms with E-state index in [-0.39, 0.29) is 11.5 Å². The first kappa shape index (κ1) is 14.9. The Morgan fingerprint density at radius 3 is 2.57 bits per heavy atom. The smallest absolute Gasteiger partial charge is 0.136 e. The molecule has 5 saturated carbocycles. The fraction of sp³-hybridized carbons (Fsp3) is 0.952. The summed E-state index contributed by atoms with van der Waals surface area (Å²) in [7, 11) is 0. The summed E-state index contributed by atoms with van der Waals surface area (Å²) in [6.45, 7) is 4.36. The highest BCUT2D eigenvalue weighted by Crippen LogP contribution is 2.79. The highest BCUT2D eigenvalue weighted by atomic mass is 16.3. The molecule has 0 saturated heterocycles. The number of rotatable bonds is 1. The molecule has 5 aliphatic rings. The number of carbonyl (C=O) groups is 1. The van der Waals surface area contributed by atoms with E-state index in [0.29, 0.717) is 11.2 Å². The van der Waals surface area contributed by atoms with Crippen molar-refractivity contribution in [2.24, 2.45) is 46.3 Å². The van der Waals surface area contributed by atoms with Crippen LogP contribution in [0.1, 0.15) is 71.6 Å². The Kier molecular flexibility index (Phi) is 3.00. The van der Waals surface area contributed by atoms with E-state index in [1.54, 1.807) is 0 Å². The molecule has 0 aliphatic heterocycles. The van der Waals surface area contributed by atoms with Gasteiger partial charge >= 0.3 is 0 Å². The van der Waals surface area contributed by atoms with Crippen LogP contribution in [0.5, 0.6) is 0 Å². The van der Waals surface area contributed by atoms with E-state index in [1.165, 1.54) is 44.9 Å². The van der Waals surface area contributed by atoms with Crippen molar-refractivity contribution >= 4 is 5.78 Å². The number of fused-ring (bicyclic) bond motifs is 7. The van der Waals surface area contributed by atoms with Crippen LogP contribution in [-0.4, -0.2) is 17.0 Å². The van der Waals surface area contributed by atoms with E-state index >= 15 is 0 Å². The molecule has 0 aromatic rings. The molecular weight excluding hydrogens is 284 g/mol. The summed E-state index contributed by atoms with van der Waals surface area (Å²) in [5.41, 5.74) is 0.397. The first-order chi connectivity index (χ1) is 11.0. The van der Waals surface area contributed by atoms with Gasteiger partial charge in [0.25, 0.3) is 0 Å². The lowest BCUT2D eigenvalue weighted by Gasteiger charge is -2.57. The molecule has 5 aliphatic carbocycles. The van der Waals surface area contributed by atoms with Crippen LogP contribution in [0, 0.1) is 46.3 Å². The number of ketones is 1. The average molecular weight is 316 g/mol. The van der Waals surface area contributed by atoms with Crippen molar-refractivity contribution in [3.8, 4) is 0 Å². The van der Waals surface area contributed by atoms with Gasteiger partial charge in [-0.1, -0.05) is 6.92 Å². The van der Waals surface area contributed by atoms with Gasteiger partial charge in [0.1, 0.15) is 5.78 Å². The molecule has 0 radical (unpaired) electrons. The molecule has 0 aromatic heterocycles. The lowest BCUT2D eigenvalue weighted by atomic mass is 9.48. The van der Waals surface area contributed by atoms with E-state index < -0.39 is 0 Å². The lowest BCUT2D eigenvalue weighted by Crippen LogP contribution is -2.51. The summed E-state index contributed by atoms with van der Waals surface area (Å²) in [4.78, 5) is 12.5. The third kappa shape index (κ3) is 1.72. The van der Waals surface area contributed by atoms with Crippen LogP contribution in [0.25, 0.3) is 0 Å². The van der Waals surface area contributed by atoms with Gasteiger partial charge in [-0.05, 0) is 106 Å². The van der Waals surface area contributed by atoms with Gasteiger partial charge in [-0.2, -0.15) is 0 Å². The third-order valence-corrected chi connectivity index (χ3v) is 9.61. The predicted octanol–water partition coefficient (Wildman–Crippen LogP) is 4.21. The molecule has 5 fully saturated rings. The average Bonchev–Trinajstić information content (AvgIpc) is 3.20. The molecule has 2 nitrogen and oxygen atoms in total. The van der Waals surface area contributed by atoms with Gasteiger partial charge in [0, 0.05) is 5.41 Å². The first-order valence-electron chi connectivity index (χ1n) is 10.2. The number of aliphatic hydroxyl groups is 1. The van der Waals surface area contributed by atoms with Gasteiger partial charge in [0.05, 0.1) is 6.10 Å². The molecule has 0 aromatic carbocycles. The molecule has 5 rings (SSSR count). The SMILES string of the molecule is CC(=O)[C@@]12C[C@@H]1C[C@H]1[C@@H]3CC[C@@H]4C[C@H](O)CC[C@@H]4[C@H]3CC[C@@]12C. The largest absolute Gasteiger partial charge is 0.393 e. The van der Waals surface area contributed by atoms with Crippen LogP contribution >= 0.6 is 0 Å². The predicted molar refractivity (Wildman–Crippen MR) is 89.7 cm³/mol. The second kappa shape index (κ2) is 4.62. The minimum Gasteiger partial charge on any atom is -0.393 e. The van der Waals surface area contributed by atoms with Crippen LogP contribution in [-0.2, 0) is 4.79 Å². The zero-order chi connectivity index (χ0) is 16.0. The molecule has 23 heavy (non-hydrogen) atoms. The maximum absolute atomic E-state index is 12.5. The first-order valence-corrected chi connectivity index (χ1v) is 10.2. The molecule has 2 heteroatoms. The highest BCUT2D eigenvalue weighted by Gasteiger charge is 2.76. The van der Waals surface area contributed by atoms with Crippen LogP contribution in [0.2, 0.25) is 0 Å². The van der Waals surface area contributed by atoms with Crippen molar-refractivity contribution in [2.75, 3.05) is 0 Å². The van der Waals surface area contributed by atoms with Crippen molar-refractivity contribution in [1.82, 2.24) is 0 Å². The monoisotopic (exact) mass is 316 g/mol. The van der Waals surface area contributed by atoms with Gasteiger partial charge in [-0.25, -0.2) is 0 Å². The summed E-state index contributed by atoms with van der Waals surface area (Å²) in [6.07, 6.45) is 11.2. The van der Waals surface area contributed by atoms with E-state index in [2.05, 4.69) is 6.92 Å². The van der Waals surface area contributed by atoms with Crippen molar-refractivity contribution < 1.29 is 9.90 Å². The zero-order valence-corrected chi connectivity index (χ0v) is 14.8. The molecule has 9 atom stereocenters. The Labute approximate surface area is 140 Å². The highest BCUT2D eigenvalue weighted by molar-refractivity contribution is 5.87. The molecule has 0 bridgehead atoms. The molecule has 128 valence electrons. The Hall–Kier alpha value is -0.370. The van der Waals surface area contributed by atoms with E-state index in [1.807, 2.05) is 6.92 Å². The standard InChI is InChI=1S/C21H32O2/c1-12(22)21-11-14(21)10-19-18-5-3-13-9-15(23)4-6-16(13)17(18)7-8-20(19,21)2/h13-19,23H,3-11H2,1-2H3/t13-,14+,15-,16+,17-,18-,19+,20+,21+/m1/s1. The molecule has 0 heterocycles. The summed E-state index contributed by atoms with van der Waals surface area (Å²) in [5.74, 6) is 5.50. The summed E-state index contributed by atoms with van der Waals surface area (Å²) >= 11 is 0. The van der Waals surface area contributed by atoms with Crippen molar-refractivity contribution in [2.45, 2.75) is 77.7 Å². The Morgan fingerprint density at radius 1 is 1.00 bits per heavy atom. The van der Waals surface area contributed by atoms with Crippen LogP contribution in [0.4, 0.5) is 0 Å². The summed E-state index contributed by atoms with van der Waals surface area (Å²) in [5, 5.41) is 10.0. The van der Waals surface area contributed by atoms with Crippen molar-refractivity contribution in [1.29, 1.82) is 0 Å². The van der Waals surface area contributed by atoms with Crippen LogP contribution in [0.3, 0.4) is 0 Å². The summed E-state index contributed by atoms with van der Waals surface area (Å²) < 4.78 is 0. The van der Waals surface area contributed by atoms with E-state index in [4.69, 9.17) is 0 Å². The molecule has 0 unspecified atom stereocenters. The van der Waals surface area contributed by atoms with Gasteiger partial charge in [-0.3, -0.25) is 4.79 Å². The minimum atomic E-state index is -0.0261. The number of hydrogen-bond donors (Lipinski definition) is 1. The van der Waals surface area contributed by atoms with E-state index in [0.717, 1.165) is 48.3 Å². The number of aliphatic hydroxyl groups excluding tert-OH is 1. The topological polar surface area (TPSA) is 37.3 Å². The number of hydrogen-bond acceptors (Lipinski definition) is 2. The second-order valence-electron chi connectivity index (χ2n) is 10.0. The second-order valence-corrected chi connectivity index (χ2v) is 10.0. The Morgan fingerprint density at radius 2 is 1.78 bits per heavy atom. The van der Waals surface area contributed by atoms with Crippen molar-refractivity contribution in [3.63, 3.8) is 0 Å². The van der Waals surface area contributed by atoms with Crippen LogP contribution in [0.15, 0.2) is 0 Å². The number of Topliss-reactive ketones (excluding diaryl/α,β-unsaturated/α-hetero) is 1. The molecular formula is C21H32O2. The number of carbonyl (C=O) groups excluding carboxylic acids is 1. The van der Waals surface area contributed by atoms with Crippen LogP contribution < -0.4 is 0 Å². The minimum absolute atomic E-state index is 0.0261.